The molecular weight excluding hydrogens is 536 g/mol. The Morgan fingerprint density at radius 1 is 0.946 bits per heavy atom. The fourth-order valence-electron chi connectivity index (χ4n) is 4.59. The van der Waals surface area contributed by atoms with Crippen molar-refractivity contribution in [1.82, 2.24) is 15.6 Å². The monoisotopic (exact) mass is 557 g/mol. The van der Waals surface area contributed by atoms with Gasteiger partial charge in [-0.25, -0.2) is 13.6 Å². The quantitative estimate of drug-likeness (QED) is 0.310. The van der Waals surface area contributed by atoms with Crippen LogP contribution in [0.25, 0.3) is 0 Å². The molecule has 1 saturated carbocycles. The number of halogens is 7. The van der Waals surface area contributed by atoms with E-state index in [4.69, 9.17) is 23.2 Å². The highest BCUT2D eigenvalue weighted by Crippen LogP contribution is 2.39. The van der Waals surface area contributed by atoms with E-state index in [0.717, 1.165) is 49.9 Å². The van der Waals surface area contributed by atoms with Crippen LogP contribution in [0.2, 0.25) is 10.0 Å². The van der Waals surface area contributed by atoms with Crippen LogP contribution in [0.1, 0.15) is 48.1 Å². The van der Waals surface area contributed by atoms with Crippen LogP contribution >= 0.6 is 23.2 Å². The van der Waals surface area contributed by atoms with Gasteiger partial charge in [0.1, 0.15) is 17.2 Å². The Morgan fingerprint density at radius 2 is 1.65 bits per heavy atom. The summed E-state index contributed by atoms with van der Waals surface area (Å²) in [4.78, 5) is 17.5. The molecule has 0 unspecified atom stereocenters. The number of carbonyl (C=O) groups excluding carboxylic acids is 1. The zero-order valence-corrected chi connectivity index (χ0v) is 20.8. The van der Waals surface area contributed by atoms with Gasteiger partial charge in [-0.05, 0) is 66.4 Å². The summed E-state index contributed by atoms with van der Waals surface area (Å²) >= 11 is 12.3. The SMILES string of the molecule is O=C(NC1CCCC1)N[C@@](Cc1ccc(F)cc1Cl)(c1cc(F)cc(C(F)(F)F)c1)c1ccc(Cl)cn1. The number of amides is 2. The average Bonchev–Trinajstić information content (AvgIpc) is 3.32. The first kappa shape index (κ1) is 27.1. The van der Waals surface area contributed by atoms with Gasteiger partial charge in [0.05, 0.1) is 16.3 Å². The van der Waals surface area contributed by atoms with Crippen LogP contribution in [0.3, 0.4) is 0 Å². The van der Waals surface area contributed by atoms with Gasteiger partial charge in [-0.2, -0.15) is 13.2 Å². The molecule has 1 aliphatic carbocycles. The van der Waals surface area contributed by atoms with Crippen molar-refractivity contribution in [3.05, 3.63) is 98.8 Å². The van der Waals surface area contributed by atoms with Crippen molar-refractivity contribution in [2.24, 2.45) is 0 Å². The molecule has 2 amide bonds. The van der Waals surface area contributed by atoms with Crippen LogP contribution in [0, 0.1) is 11.6 Å². The smallest absolute Gasteiger partial charge is 0.335 e. The fourth-order valence-corrected chi connectivity index (χ4v) is 4.93. The van der Waals surface area contributed by atoms with Crippen LogP contribution in [-0.4, -0.2) is 17.1 Å². The molecule has 1 aliphatic rings. The van der Waals surface area contributed by atoms with Gasteiger partial charge in [0, 0.05) is 23.7 Å². The van der Waals surface area contributed by atoms with Gasteiger partial charge in [0.25, 0.3) is 0 Å². The van der Waals surface area contributed by atoms with Crippen molar-refractivity contribution in [3.63, 3.8) is 0 Å². The van der Waals surface area contributed by atoms with Crippen LogP contribution in [-0.2, 0) is 18.1 Å². The van der Waals surface area contributed by atoms with E-state index < -0.39 is 34.9 Å². The molecule has 3 aromatic rings. The van der Waals surface area contributed by atoms with Gasteiger partial charge in [-0.3, -0.25) is 4.98 Å². The molecule has 0 radical (unpaired) electrons. The topological polar surface area (TPSA) is 54.0 Å². The molecule has 4 nitrogen and oxygen atoms in total. The van der Waals surface area contributed by atoms with Crippen molar-refractivity contribution < 1.29 is 26.7 Å². The van der Waals surface area contributed by atoms with Crippen molar-refractivity contribution in [3.8, 4) is 0 Å². The molecule has 4 rings (SSSR count). The van der Waals surface area contributed by atoms with E-state index >= 15 is 0 Å². The largest absolute Gasteiger partial charge is 0.416 e. The lowest BCUT2D eigenvalue weighted by molar-refractivity contribution is -0.137. The Balaban J connectivity index is 1.92. The maximum atomic E-state index is 14.7. The molecule has 37 heavy (non-hydrogen) atoms. The highest BCUT2D eigenvalue weighted by molar-refractivity contribution is 6.31. The van der Waals surface area contributed by atoms with E-state index in [9.17, 15) is 26.7 Å². The van der Waals surface area contributed by atoms with Crippen molar-refractivity contribution in [2.75, 3.05) is 0 Å². The standard InChI is InChI=1S/C26H22Cl2F5N3O/c27-18-6-8-23(34-14-18)25(13-15-5-7-19(29)12-22(15)28,36-24(37)35-21-3-1-2-4-21)16-9-17(26(31,32)33)11-20(30)10-16/h5-12,14,21H,1-4,13H2,(H2,35,36,37)/t25-/m0/s1. The van der Waals surface area contributed by atoms with Crippen molar-refractivity contribution >= 4 is 29.2 Å². The third-order valence-electron chi connectivity index (χ3n) is 6.37. The maximum absolute atomic E-state index is 14.7. The van der Waals surface area contributed by atoms with E-state index in [-0.39, 0.29) is 33.8 Å². The zero-order valence-electron chi connectivity index (χ0n) is 19.3. The Bertz CT molecular complexity index is 1280. The lowest BCUT2D eigenvalue weighted by Gasteiger charge is -2.36. The summed E-state index contributed by atoms with van der Waals surface area (Å²) in [5.41, 5.74) is -2.94. The number of rotatable bonds is 6. The second kappa shape index (κ2) is 10.8. The third kappa shape index (κ3) is 6.33. The first-order chi connectivity index (χ1) is 17.5. The number of nitrogens with one attached hydrogen (secondary N) is 2. The number of aromatic nitrogens is 1. The molecule has 196 valence electrons. The molecule has 0 saturated heterocycles. The number of hydrogen-bond donors (Lipinski definition) is 2. The summed E-state index contributed by atoms with van der Waals surface area (Å²) in [7, 11) is 0. The molecule has 0 spiro atoms. The molecule has 1 aromatic heterocycles. The zero-order chi connectivity index (χ0) is 26.8. The molecule has 1 fully saturated rings. The van der Waals surface area contributed by atoms with E-state index in [0.29, 0.717) is 11.6 Å². The summed E-state index contributed by atoms with van der Waals surface area (Å²) in [6.45, 7) is 0. The number of nitrogens with zero attached hydrogens (tertiary/aromatic N) is 1. The van der Waals surface area contributed by atoms with Crippen LogP contribution < -0.4 is 10.6 Å². The van der Waals surface area contributed by atoms with Gasteiger partial charge < -0.3 is 10.6 Å². The summed E-state index contributed by atoms with van der Waals surface area (Å²) < 4.78 is 69.5. The summed E-state index contributed by atoms with van der Waals surface area (Å²) in [5.74, 6) is -1.78. The normalized spacial score (nSPS) is 15.9. The minimum atomic E-state index is -4.87. The summed E-state index contributed by atoms with van der Waals surface area (Å²) in [6.07, 6.45) is -0.505. The van der Waals surface area contributed by atoms with E-state index in [2.05, 4.69) is 15.6 Å². The highest BCUT2D eigenvalue weighted by atomic mass is 35.5. The number of benzene rings is 2. The third-order valence-corrected chi connectivity index (χ3v) is 6.95. The lowest BCUT2D eigenvalue weighted by Crippen LogP contribution is -2.54. The molecular formula is C26H22Cl2F5N3O. The number of urea groups is 1. The molecule has 2 aromatic carbocycles. The highest BCUT2D eigenvalue weighted by Gasteiger charge is 2.41. The Hall–Kier alpha value is -2.91. The van der Waals surface area contributed by atoms with Gasteiger partial charge >= 0.3 is 12.2 Å². The average molecular weight is 558 g/mol. The molecule has 0 bridgehead atoms. The van der Waals surface area contributed by atoms with Gasteiger partial charge in [-0.15, -0.1) is 0 Å². The van der Waals surface area contributed by atoms with Crippen LogP contribution in [0.15, 0.2) is 54.7 Å². The van der Waals surface area contributed by atoms with Crippen molar-refractivity contribution in [2.45, 2.75) is 49.9 Å². The number of hydrogen-bond acceptors (Lipinski definition) is 2. The summed E-state index contributed by atoms with van der Waals surface area (Å²) in [5, 5.41) is 5.82. The number of alkyl halides is 3. The van der Waals surface area contributed by atoms with Gasteiger partial charge in [0.15, 0.2) is 0 Å². The molecule has 1 atom stereocenters. The maximum Gasteiger partial charge on any atom is 0.416 e. The molecule has 1 heterocycles. The molecule has 0 aliphatic heterocycles. The van der Waals surface area contributed by atoms with E-state index in [1.807, 2.05) is 0 Å². The van der Waals surface area contributed by atoms with Crippen LogP contribution in [0.4, 0.5) is 26.7 Å². The second-order valence-corrected chi connectivity index (χ2v) is 9.83. The first-order valence-electron chi connectivity index (χ1n) is 11.5. The summed E-state index contributed by atoms with van der Waals surface area (Å²) in [6, 6.07) is 7.62. The fraction of sp³-hybridized carbons (Fsp3) is 0.308. The number of pyridine rings is 1. The number of carbonyl (C=O) groups is 1. The van der Waals surface area contributed by atoms with Gasteiger partial charge in [-0.1, -0.05) is 42.1 Å². The predicted octanol–water partition coefficient (Wildman–Crippen LogP) is 7.41. The van der Waals surface area contributed by atoms with E-state index in [1.165, 1.54) is 24.4 Å². The first-order valence-corrected chi connectivity index (χ1v) is 12.2. The molecule has 11 heteroatoms. The van der Waals surface area contributed by atoms with E-state index in [1.54, 1.807) is 0 Å². The lowest BCUT2D eigenvalue weighted by atomic mass is 9.79. The van der Waals surface area contributed by atoms with Crippen molar-refractivity contribution in [1.29, 1.82) is 0 Å². The minimum Gasteiger partial charge on any atom is -0.335 e. The second-order valence-electron chi connectivity index (χ2n) is 8.99. The minimum absolute atomic E-state index is 0.0243. The Kier molecular flexibility index (Phi) is 7.94. The van der Waals surface area contributed by atoms with Crippen LogP contribution in [0.5, 0.6) is 0 Å². The molecule has 2 N–H and O–H groups in total. The Labute approximate surface area is 220 Å². The van der Waals surface area contributed by atoms with Gasteiger partial charge in [0.2, 0.25) is 0 Å². The predicted molar refractivity (Wildman–Crippen MR) is 130 cm³/mol. The Morgan fingerprint density at radius 3 is 2.27 bits per heavy atom.